The fourth-order valence-corrected chi connectivity index (χ4v) is 4.81. The van der Waals surface area contributed by atoms with Crippen molar-refractivity contribution in [2.75, 3.05) is 36.8 Å². The Morgan fingerprint density at radius 2 is 1.65 bits per heavy atom. The second-order valence-electron chi connectivity index (χ2n) is 8.70. The quantitative estimate of drug-likeness (QED) is 0.281. The molecule has 190 valence electrons. The van der Waals surface area contributed by atoms with Crippen molar-refractivity contribution in [1.82, 2.24) is 0 Å². The molecule has 0 saturated carbocycles. The molecule has 2 aliphatic heterocycles. The molecular weight excluding hydrogens is 472 g/mol. The number of nitrogens with zero attached hydrogens (tertiary/aromatic N) is 2. The van der Waals surface area contributed by atoms with E-state index < -0.39 is 17.7 Å². The highest BCUT2D eigenvalue weighted by Crippen LogP contribution is 2.44. The second kappa shape index (κ2) is 9.89. The minimum absolute atomic E-state index is 0.00951. The summed E-state index contributed by atoms with van der Waals surface area (Å²) in [6.07, 6.45) is 0. The molecule has 1 N–H and O–H groups in total. The van der Waals surface area contributed by atoms with Gasteiger partial charge in [0.15, 0.2) is 11.5 Å². The van der Waals surface area contributed by atoms with Crippen LogP contribution in [0.3, 0.4) is 0 Å². The van der Waals surface area contributed by atoms with Crippen LogP contribution in [0.2, 0.25) is 0 Å². The smallest absolute Gasteiger partial charge is 0.300 e. The van der Waals surface area contributed by atoms with Crippen LogP contribution in [-0.4, -0.2) is 43.8 Å². The Kier molecular flexibility index (Phi) is 6.48. The molecule has 0 aliphatic carbocycles. The van der Waals surface area contributed by atoms with Crippen molar-refractivity contribution in [3.63, 3.8) is 0 Å². The van der Waals surface area contributed by atoms with Gasteiger partial charge in [-0.15, -0.1) is 0 Å². The number of amides is 1. The van der Waals surface area contributed by atoms with Crippen LogP contribution >= 0.6 is 0 Å². The van der Waals surface area contributed by atoms with Crippen LogP contribution in [0.5, 0.6) is 17.2 Å². The molecule has 0 radical (unpaired) electrons. The van der Waals surface area contributed by atoms with Crippen LogP contribution in [0.15, 0.2) is 72.3 Å². The summed E-state index contributed by atoms with van der Waals surface area (Å²) in [4.78, 5) is 30.4. The number of carbonyl (C=O) groups excluding carboxylic acids is 2. The molecule has 8 nitrogen and oxygen atoms in total. The number of rotatable bonds is 7. The number of hydrogen-bond donors (Lipinski definition) is 1. The molecule has 1 amide bonds. The first-order valence-corrected chi connectivity index (χ1v) is 12.2. The van der Waals surface area contributed by atoms with Gasteiger partial charge in [0.1, 0.15) is 11.5 Å². The fourth-order valence-electron chi connectivity index (χ4n) is 4.81. The molecule has 0 bridgehead atoms. The van der Waals surface area contributed by atoms with Gasteiger partial charge in [0.25, 0.3) is 11.7 Å². The molecule has 1 unspecified atom stereocenters. The lowest BCUT2D eigenvalue weighted by molar-refractivity contribution is -0.132. The molecule has 1 fully saturated rings. The van der Waals surface area contributed by atoms with Gasteiger partial charge >= 0.3 is 0 Å². The Hall–Kier alpha value is -4.46. The van der Waals surface area contributed by atoms with Gasteiger partial charge in [-0.1, -0.05) is 12.1 Å². The lowest BCUT2D eigenvalue weighted by Gasteiger charge is -2.27. The van der Waals surface area contributed by atoms with Crippen molar-refractivity contribution in [3.05, 3.63) is 83.4 Å². The molecule has 37 heavy (non-hydrogen) atoms. The van der Waals surface area contributed by atoms with E-state index in [2.05, 4.69) is 18.7 Å². The molecule has 8 heteroatoms. The number of carbonyl (C=O) groups is 2. The highest BCUT2D eigenvalue weighted by molar-refractivity contribution is 6.51. The van der Waals surface area contributed by atoms with Crippen molar-refractivity contribution in [3.8, 4) is 17.2 Å². The van der Waals surface area contributed by atoms with Crippen LogP contribution < -0.4 is 24.0 Å². The third kappa shape index (κ3) is 4.24. The van der Waals surface area contributed by atoms with Crippen LogP contribution in [-0.2, 0) is 9.59 Å². The maximum Gasteiger partial charge on any atom is 0.300 e. The molecule has 3 aromatic carbocycles. The molecular formula is C29H28N2O6. The zero-order valence-electron chi connectivity index (χ0n) is 20.9. The van der Waals surface area contributed by atoms with E-state index in [4.69, 9.17) is 14.2 Å². The second-order valence-corrected chi connectivity index (χ2v) is 8.70. The number of Topliss-reactive ketones (excluding diaryl/α,β-unsaturated/α-hetero) is 1. The number of ketones is 1. The monoisotopic (exact) mass is 500 g/mol. The predicted octanol–water partition coefficient (Wildman–Crippen LogP) is 4.90. The third-order valence-electron chi connectivity index (χ3n) is 6.78. The molecule has 5 rings (SSSR count). The van der Waals surface area contributed by atoms with Gasteiger partial charge in [-0.2, -0.15) is 0 Å². The summed E-state index contributed by atoms with van der Waals surface area (Å²) >= 11 is 0. The Balaban J connectivity index is 1.65. The topological polar surface area (TPSA) is 88.5 Å². The standard InChI is InChI=1S/C29H28N2O6/c1-4-30(5-2)20-9-6-18(7-10-20)26-25(27(32)19-8-15-23-24(16-19)37-17-36-23)28(33)29(34)31(26)21-11-13-22(35-3)14-12-21/h6-16,26,32H,4-5,17H2,1-3H3/b27-25-. The van der Waals surface area contributed by atoms with Crippen molar-refractivity contribution in [2.45, 2.75) is 19.9 Å². The minimum atomic E-state index is -0.829. The molecule has 2 aliphatic rings. The fraction of sp³-hybridized carbons (Fsp3) is 0.241. The first-order valence-electron chi connectivity index (χ1n) is 12.2. The number of anilines is 2. The summed E-state index contributed by atoms with van der Waals surface area (Å²) in [7, 11) is 1.56. The maximum atomic E-state index is 13.4. The van der Waals surface area contributed by atoms with E-state index in [0.29, 0.717) is 34.1 Å². The van der Waals surface area contributed by atoms with E-state index in [1.165, 1.54) is 4.90 Å². The van der Waals surface area contributed by atoms with Crippen molar-refractivity contribution in [1.29, 1.82) is 0 Å². The third-order valence-corrected chi connectivity index (χ3v) is 6.78. The zero-order chi connectivity index (χ0) is 26.1. The highest BCUT2D eigenvalue weighted by atomic mass is 16.7. The van der Waals surface area contributed by atoms with Crippen LogP contribution in [0.25, 0.3) is 5.76 Å². The Bertz CT molecular complexity index is 1360. The number of methoxy groups -OCH3 is 1. The van der Waals surface area contributed by atoms with Gasteiger partial charge in [0.05, 0.1) is 18.7 Å². The van der Waals surface area contributed by atoms with E-state index in [-0.39, 0.29) is 18.1 Å². The first-order chi connectivity index (χ1) is 18.0. The van der Waals surface area contributed by atoms with E-state index >= 15 is 0 Å². The molecule has 3 aromatic rings. The molecule has 0 spiro atoms. The minimum Gasteiger partial charge on any atom is -0.507 e. The lowest BCUT2D eigenvalue weighted by atomic mass is 9.94. The summed E-state index contributed by atoms with van der Waals surface area (Å²) in [5.41, 5.74) is 2.63. The van der Waals surface area contributed by atoms with Gasteiger partial charge in [-0.3, -0.25) is 14.5 Å². The van der Waals surface area contributed by atoms with Gasteiger partial charge in [-0.05, 0) is 74.0 Å². The summed E-state index contributed by atoms with van der Waals surface area (Å²) < 4.78 is 16.1. The van der Waals surface area contributed by atoms with Crippen LogP contribution in [0, 0.1) is 0 Å². The number of benzene rings is 3. The van der Waals surface area contributed by atoms with Crippen LogP contribution in [0.1, 0.15) is 31.0 Å². The van der Waals surface area contributed by atoms with Crippen molar-refractivity contribution >= 4 is 28.8 Å². The normalized spacial score (nSPS) is 17.8. The number of ether oxygens (including phenoxy) is 3. The largest absolute Gasteiger partial charge is 0.507 e. The van der Waals surface area contributed by atoms with Gasteiger partial charge in [0.2, 0.25) is 6.79 Å². The van der Waals surface area contributed by atoms with Crippen molar-refractivity contribution in [2.24, 2.45) is 0 Å². The van der Waals surface area contributed by atoms with Gasteiger partial charge in [0, 0.05) is 30.0 Å². The summed E-state index contributed by atoms with van der Waals surface area (Å²) in [6.45, 7) is 5.96. The number of fused-ring (bicyclic) bond motifs is 1. The van der Waals surface area contributed by atoms with Gasteiger partial charge < -0.3 is 24.2 Å². The average Bonchev–Trinajstić information content (AvgIpc) is 3.51. The lowest BCUT2D eigenvalue weighted by Crippen LogP contribution is -2.29. The maximum absolute atomic E-state index is 13.4. The molecule has 0 aromatic heterocycles. The SMILES string of the molecule is CCN(CC)c1ccc(C2/C(=C(/O)c3ccc4c(c3)OCO4)C(=O)C(=O)N2c2ccc(OC)cc2)cc1. The summed E-state index contributed by atoms with van der Waals surface area (Å²) in [6, 6.07) is 18.7. The number of aliphatic hydroxyl groups is 1. The van der Waals surface area contributed by atoms with E-state index in [9.17, 15) is 14.7 Å². The summed E-state index contributed by atoms with van der Waals surface area (Å²) in [5.74, 6) is -0.104. The highest BCUT2D eigenvalue weighted by Gasteiger charge is 2.47. The predicted molar refractivity (Wildman–Crippen MR) is 140 cm³/mol. The zero-order valence-corrected chi connectivity index (χ0v) is 20.9. The Morgan fingerprint density at radius 1 is 0.973 bits per heavy atom. The Labute approximate surface area is 215 Å². The molecule has 2 heterocycles. The van der Waals surface area contributed by atoms with E-state index in [1.54, 1.807) is 49.6 Å². The van der Waals surface area contributed by atoms with Gasteiger partial charge in [-0.25, -0.2) is 0 Å². The first kappa shape index (κ1) is 24.2. The number of aliphatic hydroxyl groups excluding tert-OH is 1. The Morgan fingerprint density at radius 3 is 2.30 bits per heavy atom. The average molecular weight is 501 g/mol. The van der Waals surface area contributed by atoms with E-state index in [1.807, 2.05) is 24.3 Å². The molecule has 1 saturated heterocycles. The summed E-state index contributed by atoms with van der Waals surface area (Å²) in [5, 5.41) is 11.4. The number of hydrogen-bond acceptors (Lipinski definition) is 7. The molecule has 1 atom stereocenters. The van der Waals surface area contributed by atoms with Crippen LogP contribution in [0.4, 0.5) is 11.4 Å². The van der Waals surface area contributed by atoms with E-state index in [0.717, 1.165) is 18.8 Å². The van der Waals surface area contributed by atoms with Crippen molar-refractivity contribution < 1.29 is 28.9 Å².